The summed E-state index contributed by atoms with van der Waals surface area (Å²) in [7, 11) is 0. The summed E-state index contributed by atoms with van der Waals surface area (Å²) in [5, 5.41) is 11.5. The fraction of sp³-hybridized carbons (Fsp3) is 0.300. The average molecular weight is 375 g/mol. The van der Waals surface area contributed by atoms with Gasteiger partial charge in [0.1, 0.15) is 11.6 Å². The molecule has 1 aliphatic heterocycles. The molecule has 1 fully saturated rings. The second-order valence-electron chi connectivity index (χ2n) is 6.54. The zero-order valence-electron chi connectivity index (χ0n) is 14.5. The van der Waals surface area contributed by atoms with Crippen LogP contribution in [0.25, 0.3) is 0 Å². The van der Waals surface area contributed by atoms with Gasteiger partial charge in [0.15, 0.2) is 0 Å². The Morgan fingerprint density at radius 2 is 1.85 bits per heavy atom. The molecule has 0 aliphatic carbocycles. The first-order valence-corrected chi connectivity index (χ1v) is 8.56. The second kappa shape index (κ2) is 7.84. The zero-order chi connectivity index (χ0) is 19.4. The van der Waals surface area contributed by atoms with Crippen molar-refractivity contribution in [3.8, 4) is 0 Å². The van der Waals surface area contributed by atoms with E-state index in [1.807, 2.05) is 0 Å². The number of amides is 1. The van der Waals surface area contributed by atoms with E-state index in [-0.39, 0.29) is 17.2 Å². The molecule has 142 valence electrons. The van der Waals surface area contributed by atoms with Gasteiger partial charge in [-0.3, -0.25) is 9.59 Å². The van der Waals surface area contributed by atoms with Gasteiger partial charge in [-0.05, 0) is 48.2 Å². The molecule has 0 bridgehead atoms. The van der Waals surface area contributed by atoms with Crippen LogP contribution < -0.4 is 5.32 Å². The fourth-order valence-electron chi connectivity index (χ4n) is 3.33. The van der Waals surface area contributed by atoms with Crippen LogP contribution in [0.2, 0.25) is 0 Å². The van der Waals surface area contributed by atoms with Crippen LogP contribution in [-0.4, -0.2) is 30.2 Å². The van der Waals surface area contributed by atoms with Crippen LogP contribution in [-0.2, 0) is 26.2 Å². The maximum Gasteiger partial charge on any atom is 0.307 e. The van der Waals surface area contributed by atoms with Gasteiger partial charge in [0.2, 0.25) is 5.91 Å². The number of benzene rings is 2. The number of ether oxygens (including phenoxy) is 1. The minimum atomic E-state index is -1.14. The summed E-state index contributed by atoms with van der Waals surface area (Å²) in [5.41, 5.74) is -0.178. The molecule has 3 rings (SSSR count). The summed E-state index contributed by atoms with van der Waals surface area (Å²) in [4.78, 5) is 23.8. The number of carbonyl (C=O) groups is 2. The molecule has 1 saturated heterocycles. The van der Waals surface area contributed by atoms with Crippen molar-refractivity contribution in [1.29, 1.82) is 0 Å². The van der Waals surface area contributed by atoms with E-state index >= 15 is 0 Å². The normalized spacial score (nSPS) is 15.9. The minimum Gasteiger partial charge on any atom is -0.481 e. The van der Waals surface area contributed by atoms with Crippen LogP contribution >= 0.6 is 0 Å². The molecule has 2 N–H and O–H groups in total. The van der Waals surface area contributed by atoms with Gasteiger partial charge in [0.05, 0.1) is 11.8 Å². The molecule has 2 aromatic carbocycles. The molecule has 7 heteroatoms. The van der Waals surface area contributed by atoms with Gasteiger partial charge in [0.25, 0.3) is 0 Å². The molecular weight excluding hydrogens is 356 g/mol. The van der Waals surface area contributed by atoms with Crippen molar-refractivity contribution in [2.24, 2.45) is 0 Å². The van der Waals surface area contributed by atoms with Crippen LogP contribution in [0.1, 0.15) is 24.0 Å². The van der Waals surface area contributed by atoms with Crippen LogP contribution in [0.15, 0.2) is 42.5 Å². The molecule has 0 atom stereocenters. The Morgan fingerprint density at radius 3 is 2.48 bits per heavy atom. The standard InChI is InChI=1S/C20H19F2NO4/c21-15-3-1-2-14(11-15)20(6-8-27-9-7-20)19(26)23-16-5-4-13(10-18(24)25)17(22)12-16/h1-5,11-12H,6-10H2,(H,23,26)(H,24,25). The molecular formula is C20H19F2NO4. The highest BCUT2D eigenvalue weighted by atomic mass is 19.1. The Morgan fingerprint density at radius 1 is 1.11 bits per heavy atom. The number of hydrogen-bond donors (Lipinski definition) is 2. The van der Waals surface area contributed by atoms with Gasteiger partial charge in [-0.2, -0.15) is 0 Å². The number of aliphatic carboxylic acids is 1. The average Bonchev–Trinajstić information content (AvgIpc) is 2.64. The van der Waals surface area contributed by atoms with E-state index in [1.165, 1.54) is 24.3 Å². The number of nitrogens with one attached hydrogen (secondary N) is 1. The van der Waals surface area contributed by atoms with Crippen molar-refractivity contribution in [1.82, 2.24) is 0 Å². The molecule has 0 aromatic heterocycles. The smallest absolute Gasteiger partial charge is 0.307 e. The Hall–Kier alpha value is -2.80. The van der Waals surface area contributed by atoms with Gasteiger partial charge >= 0.3 is 5.97 Å². The van der Waals surface area contributed by atoms with Crippen LogP contribution in [0, 0.1) is 11.6 Å². The Bertz CT molecular complexity index is 863. The number of halogens is 2. The van der Waals surface area contributed by atoms with Crippen LogP contribution in [0.4, 0.5) is 14.5 Å². The number of carbonyl (C=O) groups excluding carboxylic acids is 1. The van der Waals surface area contributed by atoms with E-state index < -0.39 is 29.4 Å². The van der Waals surface area contributed by atoms with Crippen molar-refractivity contribution in [2.75, 3.05) is 18.5 Å². The summed E-state index contributed by atoms with van der Waals surface area (Å²) in [5.74, 6) is -2.66. The van der Waals surface area contributed by atoms with Crippen molar-refractivity contribution < 1.29 is 28.2 Å². The molecule has 0 saturated carbocycles. The Kier molecular flexibility index (Phi) is 5.51. The third-order valence-corrected chi connectivity index (χ3v) is 4.81. The predicted octanol–water partition coefficient (Wildman–Crippen LogP) is 3.28. The van der Waals surface area contributed by atoms with E-state index in [9.17, 15) is 18.4 Å². The van der Waals surface area contributed by atoms with Crippen molar-refractivity contribution in [2.45, 2.75) is 24.7 Å². The molecule has 0 unspecified atom stereocenters. The highest BCUT2D eigenvalue weighted by Gasteiger charge is 2.42. The van der Waals surface area contributed by atoms with Gasteiger partial charge in [0, 0.05) is 18.9 Å². The van der Waals surface area contributed by atoms with E-state index in [0.29, 0.717) is 31.6 Å². The predicted molar refractivity (Wildman–Crippen MR) is 94.5 cm³/mol. The highest BCUT2D eigenvalue weighted by Crippen LogP contribution is 2.36. The van der Waals surface area contributed by atoms with E-state index in [2.05, 4.69) is 5.32 Å². The summed E-state index contributed by atoms with van der Waals surface area (Å²) in [6.45, 7) is 0.714. The largest absolute Gasteiger partial charge is 0.481 e. The molecule has 1 aliphatic rings. The van der Waals surface area contributed by atoms with Gasteiger partial charge in [-0.25, -0.2) is 8.78 Å². The maximum atomic E-state index is 14.1. The zero-order valence-corrected chi connectivity index (χ0v) is 14.5. The third-order valence-electron chi connectivity index (χ3n) is 4.81. The van der Waals surface area contributed by atoms with Crippen LogP contribution in [0.5, 0.6) is 0 Å². The maximum absolute atomic E-state index is 14.1. The highest BCUT2D eigenvalue weighted by molar-refractivity contribution is 5.99. The summed E-state index contributed by atoms with van der Waals surface area (Å²) < 4.78 is 33.2. The Balaban J connectivity index is 1.87. The van der Waals surface area contributed by atoms with Gasteiger partial charge in [-0.1, -0.05) is 18.2 Å². The quantitative estimate of drug-likeness (QED) is 0.841. The van der Waals surface area contributed by atoms with Gasteiger partial charge in [-0.15, -0.1) is 0 Å². The summed E-state index contributed by atoms with van der Waals surface area (Å²) in [6, 6.07) is 9.77. The topological polar surface area (TPSA) is 75.6 Å². The van der Waals surface area contributed by atoms with Crippen molar-refractivity contribution in [3.63, 3.8) is 0 Å². The van der Waals surface area contributed by atoms with Gasteiger partial charge < -0.3 is 15.2 Å². The Labute approximate surface area is 155 Å². The molecule has 2 aromatic rings. The lowest BCUT2D eigenvalue weighted by molar-refractivity contribution is -0.136. The van der Waals surface area contributed by atoms with E-state index in [1.54, 1.807) is 12.1 Å². The lowest BCUT2D eigenvalue weighted by atomic mass is 9.73. The number of carboxylic acids is 1. The molecule has 1 amide bonds. The van der Waals surface area contributed by atoms with E-state index in [4.69, 9.17) is 9.84 Å². The van der Waals surface area contributed by atoms with Crippen molar-refractivity contribution >= 4 is 17.6 Å². The summed E-state index contributed by atoms with van der Waals surface area (Å²) >= 11 is 0. The first kappa shape index (κ1) is 19.0. The molecule has 1 heterocycles. The van der Waals surface area contributed by atoms with Crippen molar-refractivity contribution in [3.05, 3.63) is 65.2 Å². The number of rotatable bonds is 5. The number of anilines is 1. The number of hydrogen-bond acceptors (Lipinski definition) is 3. The number of carboxylic acid groups (broad SMARTS) is 1. The fourth-order valence-corrected chi connectivity index (χ4v) is 3.33. The lowest BCUT2D eigenvalue weighted by Crippen LogP contribution is -2.45. The summed E-state index contributed by atoms with van der Waals surface area (Å²) in [6.07, 6.45) is 0.314. The van der Waals surface area contributed by atoms with E-state index in [0.717, 1.165) is 6.07 Å². The molecule has 0 spiro atoms. The second-order valence-corrected chi connectivity index (χ2v) is 6.54. The molecule has 0 radical (unpaired) electrons. The molecule has 27 heavy (non-hydrogen) atoms. The first-order chi connectivity index (χ1) is 12.9. The van der Waals surface area contributed by atoms with Crippen LogP contribution in [0.3, 0.4) is 0 Å². The minimum absolute atomic E-state index is 0.0337. The third kappa shape index (κ3) is 4.14. The lowest BCUT2D eigenvalue weighted by Gasteiger charge is -2.36. The SMILES string of the molecule is O=C(O)Cc1ccc(NC(=O)C2(c3cccc(F)c3)CCOCC2)cc1F. The molecule has 5 nitrogen and oxygen atoms in total. The monoisotopic (exact) mass is 375 g/mol. The first-order valence-electron chi connectivity index (χ1n) is 8.56.